The minimum absolute atomic E-state index is 0.0346. The highest BCUT2D eigenvalue weighted by atomic mass is 16.7. The second-order valence-corrected chi connectivity index (χ2v) is 11.0. The monoisotopic (exact) mass is 384 g/mol. The fourth-order valence-electron chi connectivity index (χ4n) is 5.57. The Labute approximate surface area is 170 Å². The first kappa shape index (κ1) is 20.1. The van der Waals surface area contributed by atoms with Crippen LogP contribution in [0.2, 0.25) is 0 Å². The zero-order valence-corrected chi connectivity index (χ0v) is 18.5. The number of carbonyl (C=O) groups excluding carboxylic acids is 1. The largest absolute Gasteiger partial charge is 0.348 e. The number of ketones is 1. The molecule has 28 heavy (non-hydrogen) atoms. The molecule has 0 radical (unpaired) electrons. The molecule has 0 aromatic carbocycles. The Morgan fingerprint density at radius 3 is 2.32 bits per heavy atom. The van der Waals surface area contributed by atoms with E-state index in [1.807, 2.05) is 0 Å². The van der Waals surface area contributed by atoms with Gasteiger partial charge in [-0.3, -0.25) is 4.79 Å². The van der Waals surface area contributed by atoms with Crippen molar-refractivity contribution in [2.45, 2.75) is 79.9 Å². The van der Waals surface area contributed by atoms with Crippen LogP contribution in [0.15, 0.2) is 34.4 Å². The molecule has 0 aromatic heterocycles. The quantitative estimate of drug-likeness (QED) is 0.607. The van der Waals surface area contributed by atoms with Crippen LogP contribution in [0.3, 0.4) is 0 Å². The van der Waals surface area contributed by atoms with Crippen LogP contribution in [0, 0.1) is 22.2 Å². The molecule has 1 saturated carbocycles. The molecule has 3 nitrogen and oxygen atoms in total. The summed E-state index contributed by atoms with van der Waals surface area (Å²) >= 11 is 0. The van der Waals surface area contributed by atoms with Gasteiger partial charge in [-0.15, -0.1) is 0 Å². The topological polar surface area (TPSA) is 35.5 Å². The number of hydrogen-bond donors (Lipinski definition) is 0. The van der Waals surface area contributed by atoms with Gasteiger partial charge in [0, 0.05) is 11.8 Å². The van der Waals surface area contributed by atoms with E-state index < -0.39 is 0 Å². The van der Waals surface area contributed by atoms with Crippen molar-refractivity contribution in [3.63, 3.8) is 0 Å². The van der Waals surface area contributed by atoms with Crippen molar-refractivity contribution >= 4 is 5.78 Å². The van der Waals surface area contributed by atoms with Crippen LogP contribution < -0.4 is 0 Å². The molecule has 2 fully saturated rings. The second-order valence-electron chi connectivity index (χ2n) is 11.0. The smallest absolute Gasteiger partial charge is 0.180 e. The van der Waals surface area contributed by atoms with Crippen molar-refractivity contribution < 1.29 is 14.3 Å². The number of fused-ring (bicyclic) bond motifs is 3. The van der Waals surface area contributed by atoms with E-state index in [2.05, 4.69) is 53.7 Å². The van der Waals surface area contributed by atoms with Crippen molar-refractivity contribution in [3.05, 3.63) is 34.4 Å². The lowest BCUT2D eigenvalue weighted by Gasteiger charge is -2.45. The fourth-order valence-corrected chi connectivity index (χ4v) is 5.57. The molecule has 2 atom stereocenters. The molecule has 1 saturated heterocycles. The molecular weight excluding hydrogens is 348 g/mol. The van der Waals surface area contributed by atoms with Crippen LogP contribution >= 0.6 is 0 Å². The number of hydrogen-bond acceptors (Lipinski definition) is 3. The average molecular weight is 385 g/mol. The predicted octanol–water partition coefficient (Wildman–Crippen LogP) is 5.76. The standard InChI is InChI=1S/C25H36O3/c1-16(2)18-9-10-24(5)11-12-25(6)19(21(18)24)8-7-17(13-20(25)26)22-27-14-23(3,4)15-28-22/h7-8,16,22H,9-15H2,1-6H3/t24-,25-/m1/s1. The summed E-state index contributed by atoms with van der Waals surface area (Å²) in [5, 5.41) is 0. The van der Waals surface area contributed by atoms with Gasteiger partial charge in [-0.1, -0.05) is 52.3 Å². The van der Waals surface area contributed by atoms with Crippen molar-refractivity contribution in [1.82, 2.24) is 0 Å². The van der Waals surface area contributed by atoms with Crippen LogP contribution in [0.1, 0.15) is 73.6 Å². The molecule has 154 valence electrons. The number of allylic oxidation sites excluding steroid dienone is 5. The molecule has 0 amide bonds. The zero-order valence-electron chi connectivity index (χ0n) is 18.5. The van der Waals surface area contributed by atoms with Crippen molar-refractivity contribution in [2.75, 3.05) is 13.2 Å². The third kappa shape index (κ3) is 3.15. The van der Waals surface area contributed by atoms with Gasteiger partial charge in [-0.2, -0.15) is 0 Å². The van der Waals surface area contributed by atoms with Crippen LogP contribution in [-0.4, -0.2) is 25.3 Å². The van der Waals surface area contributed by atoms with E-state index in [9.17, 15) is 4.79 Å². The summed E-state index contributed by atoms with van der Waals surface area (Å²) in [5.41, 5.74) is 5.20. The molecule has 0 unspecified atom stereocenters. The summed E-state index contributed by atoms with van der Waals surface area (Å²) in [7, 11) is 0. The molecule has 0 aromatic rings. The molecular formula is C25H36O3. The van der Waals surface area contributed by atoms with Crippen molar-refractivity contribution in [1.29, 1.82) is 0 Å². The maximum atomic E-state index is 13.5. The van der Waals surface area contributed by atoms with E-state index in [4.69, 9.17) is 9.47 Å². The average Bonchev–Trinajstić information content (AvgIpc) is 2.91. The third-order valence-corrected chi connectivity index (χ3v) is 7.61. The Morgan fingerprint density at radius 2 is 1.68 bits per heavy atom. The summed E-state index contributed by atoms with van der Waals surface area (Å²) in [5.74, 6) is 0.859. The first-order valence-electron chi connectivity index (χ1n) is 11.0. The Kier molecular flexibility index (Phi) is 4.79. The third-order valence-electron chi connectivity index (χ3n) is 7.61. The molecule has 0 N–H and O–H groups in total. The van der Waals surface area contributed by atoms with Gasteiger partial charge in [0.25, 0.3) is 0 Å². The minimum atomic E-state index is -0.383. The van der Waals surface area contributed by atoms with Crippen molar-refractivity contribution in [3.8, 4) is 0 Å². The van der Waals surface area contributed by atoms with E-state index in [1.54, 1.807) is 5.57 Å². The second kappa shape index (κ2) is 6.67. The molecule has 0 spiro atoms. The van der Waals surface area contributed by atoms with E-state index in [-0.39, 0.29) is 22.5 Å². The van der Waals surface area contributed by atoms with Crippen LogP contribution in [-0.2, 0) is 14.3 Å². The Bertz CT molecular complexity index is 772. The van der Waals surface area contributed by atoms with E-state index in [1.165, 1.54) is 24.0 Å². The van der Waals surface area contributed by atoms with Gasteiger partial charge in [-0.05, 0) is 60.7 Å². The molecule has 1 heterocycles. The van der Waals surface area contributed by atoms with E-state index in [0.29, 0.717) is 31.3 Å². The lowest BCUT2D eigenvalue weighted by molar-refractivity contribution is -0.204. The molecule has 1 aliphatic heterocycles. The summed E-state index contributed by atoms with van der Waals surface area (Å²) in [6.07, 6.45) is 8.88. The number of ether oxygens (including phenoxy) is 2. The van der Waals surface area contributed by atoms with Gasteiger partial charge in [0.1, 0.15) is 5.78 Å². The Hall–Kier alpha value is -1.19. The van der Waals surface area contributed by atoms with Crippen LogP contribution in [0.4, 0.5) is 0 Å². The van der Waals surface area contributed by atoms with Crippen LogP contribution in [0.5, 0.6) is 0 Å². The van der Waals surface area contributed by atoms with E-state index >= 15 is 0 Å². The molecule has 3 aliphatic carbocycles. The first-order valence-corrected chi connectivity index (χ1v) is 11.0. The number of carbonyl (C=O) groups is 1. The number of Topliss-reactive ketones (excluding diaryl/α,β-unsaturated/α-hetero) is 1. The lowest BCUT2D eigenvalue weighted by Crippen LogP contribution is -2.41. The fraction of sp³-hybridized carbons (Fsp3) is 0.720. The highest BCUT2D eigenvalue weighted by molar-refractivity contribution is 5.92. The van der Waals surface area contributed by atoms with Crippen LogP contribution in [0.25, 0.3) is 0 Å². The van der Waals surface area contributed by atoms with Gasteiger partial charge >= 0.3 is 0 Å². The summed E-state index contributed by atoms with van der Waals surface area (Å²) in [6.45, 7) is 14.8. The van der Waals surface area contributed by atoms with Gasteiger partial charge in [0.2, 0.25) is 0 Å². The maximum absolute atomic E-state index is 13.5. The highest BCUT2D eigenvalue weighted by Gasteiger charge is 2.52. The Morgan fingerprint density at radius 1 is 1.00 bits per heavy atom. The maximum Gasteiger partial charge on any atom is 0.180 e. The molecule has 3 heteroatoms. The Balaban J connectivity index is 1.73. The SMILES string of the molecule is CC(C)C1=C2C3=CC=C(C4OCC(C)(C)CO4)CC(=O)[C@]3(C)CC[C@@]2(C)CC1. The number of rotatable bonds is 2. The molecule has 4 rings (SSSR count). The predicted molar refractivity (Wildman–Crippen MR) is 112 cm³/mol. The van der Waals surface area contributed by atoms with Gasteiger partial charge in [-0.25, -0.2) is 0 Å². The van der Waals surface area contributed by atoms with Crippen molar-refractivity contribution in [2.24, 2.45) is 22.2 Å². The molecule has 0 bridgehead atoms. The summed E-state index contributed by atoms with van der Waals surface area (Å²) < 4.78 is 12.0. The zero-order chi connectivity index (χ0) is 20.3. The van der Waals surface area contributed by atoms with E-state index in [0.717, 1.165) is 18.4 Å². The normalized spacial score (nSPS) is 36.0. The first-order chi connectivity index (χ1) is 13.1. The summed E-state index contributed by atoms with van der Waals surface area (Å²) in [6, 6.07) is 0. The minimum Gasteiger partial charge on any atom is -0.348 e. The molecule has 4 aliphatic rings. The van der Waals surface area contributed by atoms with Gasteiger partial charge in [0.05, 0.1) is 18.6 Å². The van der Waals surface area contributed by atoms with Gasteiger partial charge in [0.15, 0.2) is 6.29 Å². The summed E-state index contributed by atoms with van der Waals surface area (Å²) in [4.78, 5) is 13.5. The van der Waals surface area contributed by atoms with Gasteiger partial charge < -0.3 is 9.47 Å². The lowest BCUT2D eigenvalue weighted by atomic mass is 9.58. The highest BCUT2D eigenvalue weighted by Crippen LogP contribution is 2.61.